The fourth-order valence-electron chi connectivity index (χ4n) is 1.57. The molecule has 94 valence electrons. The van der Waals surface area contributed by atoms with Crippen LogP contribution in [0.5, 0.6) is 0 Å². The van der Waals surface area contributed by atoms with Crippen molar-refractivity contribution in [2.45, 2.75) is 12.4 Å². The molecule has 1 aromatic carbocycles. The molecule has 0 spiro atoms. The van der Waals surface area contributed by atoms with Crippen LogP contribution in [-0.4, -0.2) is 15.7 Å². The maximum Gasteiger partial charge on any atom is 0.254 e. The number of alkyl halides is 1. The molecule has 1 aromatic heterocycles. The highest BCUT2D eigenvalue weighted by Crippen LogP contribution is 2.07. The van der Waals surface area contributed by atoms with Crippen LogP contribution in [0.3, 0.4) is 0 Å². The maximum absolute atomic E-state index is 11.8. The van der Waals surface area contributed by atoms with Crippen LogP contribution in [0, 0.1) is 0 Å². The number of aromatic nitrogens is 2. The molecule has 1 amide bonds. The van der Waals surface area contributed by atoms with Gasteiger partial charge in [-0.15, -0.1) is 11.6 Å². The summed E-state index contributed by atoms with van der Waals surface area (Å²) in [6.07, 6.45) is 3.23. The van der Waals surface area contributed by atoms with Gasteiger partial charge >= 0.3 is 0 Å². The van der Waals surface area contributed by atoms with E-state index in [4.69, 9.17) is 11.6 Å². The molecule has 0 saturated heterocycles. The lowest BCUT2D eigenvalue weighted by molar-refractivity contribution is 0.0951. The predicted octanol–water partition coefficient (Wildman–Crippen LogP) is 2.09. The second-order valence-electron chi connectivity index (χ2n) is 4.04. The molecular weight excluding hydrogens is 250 g/mol. The molecule has 4 nitrogen and oxygen atoms in total. The minimum Gasteiger partial charge on any atom is -0.348 e. The SMILES string of the molecule is Cn1cc(C(=O)NCc2ccc(CCl)cc2)cn1. The number of aryl methyl sites for hydroxylation is 1. The smallest absolute Gasteiger partial charge is 0.254 e. The highest BCUT2D eigenvalue weighted by Gasteiger charge is 2.06. The van der Waals surface area contributed by atoms with Crippen molar-refractivity contribution in [3.05, 3.63) is 53.3 Å². The number of benzene rings is 1. The van der Waals surface area contributed by atoms with Crippen molar-refractivity contribution < 1.29 is 4.79 Å². The van der Waals surface area contributed by atoms with Gasteiger partial charge in [0.05, 0.1) is 11.8 Å². The highest BCUT2D eigenvalue weighted by molar-refractivity contribution is 6.17. The van der Waals surface area contributed by atoms with Gasteiger partial charge in [-0.05, 0) is 11.1 Å². The van der Waals surface area contributed by atoms with E-state index in [9.17, 15) is 4.79 Å². The number of rotatable bonds is 4. The lowest BCUT2D eigenvalue weighted by atomic mass is 10.1. The average Bonchev–Trinajstić information content (AvgIpc) is 2.83. The number of hydrogen-bond donors (Lipinski definition) is 1. The van der Waals surface area contributed by atoms with E-state index in [1.165, 1.54) is 0 Å². The molecule has 0 aliphatic carbocycles. The van der Waals surface area contributed by atoms with Crippen LogP contribution < -0.4 is 5.32 Å². The van der Waals surface area contributed by atoms with Gasteiger partial charge < -0.3 is 5.32 Å². The molecule has 0 fully saturated rings. The summed E-state index contributed by atoms with van der Waals surface area (Å²) in [5, 5.41) is 6.80. The van der Waals surface area contributed by atoms with Crippen molar-refractivity contribution >= 4 is 17.5 Å². The van der Waals surface area contributed by atoms with Gasteiger partial charge in [0.1, 0.15) is 0 Å². The van der Waals surface area contributed by atoms with E-state index in [0.29, 0.717) is 18.0 Å². The maximum atomic E-state index is 11.8. The standard InChI is InChI=1S/C13H14ClN3O/c1-17-9-12(8-16-17)13(18)15-7-11-4-2-10(6-14)3-5-11/h2-5,8-9H,6-7H2,1H3,(H,15,18). The van der Waals surface area contributed by atoms with Crippen molar-refractivity contribution in [3.8, 4) is 0 Å². The molecular formula is C13H14ClN3O. The first kappa shape index (κ1) is 12.6. The summed E-state index contributed by atoms with van der Waals surface area (Å²) in [4.78, 5) is 11.8. The third kappa shape index (κ3) is 3.11. The summed E-state index contributed by atoms with van der Waals surface area (Å²) in [5.41, 5.74) is 2.68. The van der Waals surface area contributed by atoms with E-state index in [-0.39, 0.29) is 5.91 Å². The monoisotopic (exact) mass is 263 g/mol. The number of halogens is 1. The molecule has 2 aromatic rings. The van der Waals surface area contributed by atoms with Gasteiger partial charge in [-0.2, -0.15) is 5.10 Å². The number of carbonyl (C=O) groups excluding carboxylic acids is 1. The Morgan fingerprint density at radius 2 is 2.00 bits per heavy atom. The van der Waals surface area contributed by atoms with Crippen LogP contribution in [0.1, 0.15) is 21.5 Å². The third-order valence-electron chi connectivity index (χ3n) is 2.60. The van der Waals surface area contributed by atoms with E-state index in [2.05, 4.69) is 10.4 Å². The predicted molar refractivity (Wildman–Crippen MR) is 70.4 cm³/mol. The van der Waals surface area contributed by atoms with Crippen molar-refractivity contribution in [2.24, 2.45) is 7.05 Å². The molecule has 1 heterocycles. The average molecular weight is 264 g/mol. The Labute approximate surface area is 111 Å². The molecule has 2 rings (SSSR count). The van der Waals surface area contributed by atoms with Crippen molar-refractivity contribution in [1.82, 2.24) is 15.1 Å². The van der Waals surface area contributed by atoms with Crippen LogP contribution in [0.2, 0.25) is 0 Å². The van der Waals surface area contributed by atoms with Gasteiger partial charge in [0, 0.05) is 25.7 Å². The molecule has 1 N–H and O–H groups in total. The minimum absolute atomic E-state index is 0.121. The normalized spacial score (nSPS) is 10.3. The fourth-order valence-corrected chi connectivity index (χ4v) is 1.75. The molecule has 5 heteroatoms. The van der Waals surface area contributed by atoms with Crippen LogP contribution in [0.4, 0.5) is 0 Å². The molecule has 0 aliphatic rings. The Bertz CT molecular complexity index is 533. The van der Waals surface area contributed by atoms with Crippen LogP contribution >= 0.6 is 11.6 Å². The zero-order valence-corrected chi connectivity index (χ0v) is 10.8. The minimum atomic E-state index is -0.121. The van der Waals surface area contributed by atoms with E-state index in [1.54, 1.807) is 24.1 Å². The molecule has 0 atom stereocenters. The molecule has 18 heavy (non-hydrogen) atoms. The first-order chi connectivity index (χ1) is 8.69. The topological polar surface area (TPSA) is 46.9 Å². The number of amides is 1. The lowest BCUT2D eigenvalue weighted by Crippen LogP contribution is -2.22. The van der Waals surface area contributed by atoms with E-state index in [0.717, 1.165) is 11.1 Å². The van der Waals surface area contributed by atoms with E-state index < -0.39 is 0 Å². The third-order valence-corrected chi connectivity index (χ3v) is 2.91. The quantitative estimate of drug-likeness (QED) is 0.859. The van der Waals surface area contributed by atoms with Gasteiger partial charge in [0.25, 0.3) is 5.91 Å². The number of hydrogen-bond acceptors (Lipinski definition) is 2. The van der Waals surface area contributed by atoms with Crippen LogP contribution in [0.15, 0.2) is 36.7 Å². The summed E-state index contributed by atoms with van der Waals surface area (Å²) < 4.78 is 1.60. The van der Waals surface area contributed by atoms with Crippen molar-refractivity contribution in [2.75, 3.05) is 0 Å². The Balaban J connectivity index is 1.92. The second kappa shape index (κ2) is 5.69. The largest absolute Gasteiger partial charge is 0.348 e. The van der Waals surface area contributed by atoms with Crippen LogP contribution in [-0.2, 0) is 19.5 Å². The Hall–Kier alpha value is -1.81. The lowest BCUT2D eigenvalue weighted by Gasteiger charge is -2.04. The molecule has 0 radical (unpaired) electrons. The molecule has 0 saturated carbocycles. The van der Waals surface area contributed by atoms with Gasteiger partial charge in [-0.3, -0.25) is 9.48 Å². The van der Waals surface area contributed by atoms with Crippen molar-refractivity contribution in [1.29, 1.82) is 0 Å². The number of nitrogens with zero attached hydrogens (tertiary/aromatic N) is 2. The van der Waals surface area contributed by atoms with Crippen molar-refractivity contribution in [3.63, 3.8) is 0 Å². The fraction of sp³-hybridized carbons (Fsp3) is 0.231. The van der Waals surface area contributed by atoms with Gasteiger partial charge in [0.2, 0.25) is 0 Å². The number of nitrogens with one attached hydrogen (secondary N) is 1. The highest BCUT2D eigenvalue weighted by atomic mass is 35.5. The summed E-state index contributed by atoms with van der Waals surface area (Å²) in [6, 6.07) is 7.83. The Kier molecular flexibility index (Phi) is 3.99. The van der Waals surface area contributed by atoms with E-state index >= 15 is 0 Å². The first-order valence-corrected chi connectivity index (χ1v) is 6.13. The van der Waals surface area contributed by atoms with Gasteiger partial charge in [-0.25, -0.2) is 0 Å². The zero-order chi connectivity index (χ0) is 13.0. The second-order valence-corrected chi connectivity index (χ2v) is 4.30. The van der Waals surface area contributed by atoms with Gasteiger partial charge in [-0.1, -0.05) is 24.3 Å². The number of carbonyl (C=O) groups is 1. The molecule has 0 unspecified atom stereocenters. The van der Waals surface area contributed by atoms with Gasteiger partial charge in [0.15, 0.2) is 0 Å². The zero-order valence-electron chi connectivity index (χ0n) is 10.1. The first-order valence-electron chi connectivity index (χ1n) is 5.59. The summed E-state index contributed by atoms with van der Waals surface area (Å²) in [6.45, 7) is 0.496. The Morgan fingerprint density at radius 1 is 1.33 bits per heavy atom. The van der Waals surface area contributed by atoms with Crippen LogP contribution in [0.25, 0.3) is 0 Å². The molecule has 0 bridgehead atoms. The Morgan fingerprint density at radius 3 is 2.56 bits per heavy atom. The summed E-state index contributed by atoms with van der Waals surface area (Å²) in [5.74, 6) is 0.381. The summed E-state index contributed by atoms with van der Waals surface area (Å²) in [7, 11) is 1.78. The molecule has 0 aliphatic heterocycles. The summed E-state index contributed by atoms with van der Waals surface area (Å²) >= 11 is 5.71. The van der Waals surface area contributed by atoms with E-state index in [1.807, 2.05) is 24.3 Å².